The number of methoxy groups -OCH3 is 1. The fourth-order valence-electron chi connectivity index (χ4n) is 2.95. The van der Waals surface area contributed by atoms with Crippen LogP contribution < -0.4 is 10.1 Å². The molecule has 1 saturated carbocycles. The molecule has 1 fully saturated rings. The van der Waals surface area contributed by atoms with Gasteiger partial charge in [0.2, 0.25) is 0 Å². The molecule has 0 heterocycles. The summed E-state index contributed by atoms with van der Waals surface area (Å²) in [6, 6.07) is 14.9. The highest BCUT2D eigenvalue weighted by Crippen LogP contribution is 2.42. The molecule has 0 amide bonds. The van der Waals surface area contributed by atoms with E-state index in [1.165, 1.54) is 11.1 Å². The standard InChI is InChI=1S/C18H20ClNO/c1-12-7-8-17(16(19)9-12)20-14-10-13(11-14)15-5-3-4-6-18(15)21-2/h3-9,13-14,20H,10-11H2,1-2H3. The molecule has 0 bridgehead atoms. The summed E-state index contributed by atoms with van der Waals surface area (Å²) in [4.78, 5) is 0. The zero-order chi connectivity index (χ0) is 14.8. The Bertz CT molecular complexity index is 635. The SMILES string of the molecule is COc1ccccc1C1CC(Nc2ccc(C)cc2Cl)C1. The van der Waals surface area contributed by atoms with Gasteiger partial charge in [0.1, 0.15) is 5.75 Å². The summed E-state index contributed by atoms with van der Waals surface area (Å²) in [6.07, 6.45) is 2.23. The highest BCUT2D eigenvalue weighted by Gasteiger charge is 2.32. The Balaban J connectivity index is 1.63. The number of para-hydroxylation sites is 1. The van der Waals surface area contributed by atoms with Crippen LogP contribution in [0.4, 0.5) is 5.69 Å². The number of ether oxygens (including phenoxy) is 1. The summed E-state index contributed by atoms with van der Waals surface area (Å²) in [7, 11) is 1.74. The number of rotatable bonds is 4. The predicted molar refractivity (Wildman–Crippen MR) is 88.6 cm³/mol. The first-order chi connectivity index (χ1) is 10.2. The van der Waals surface area contributed by atoms with Crippen LogP contribution in [0.3, 0.4) is 0 Å². The van der Waals surface area contributed by atoms with Crippen LogP contribution in [0.15, 0.2) is 42.5 Å². The van der Waals surface area contributed by atoms with E-state index in [0.717, 1.165) is 29.3 Å². The Labute approximate surface area is 131 Å². The molecule has 3 heteroatoms. The molecule has 0 radical (unpaired) electrons. The number of benzene rings is 2. The maximum Gasteiger partial charge on any atom is 0.122 e. The van der Waals surface area contributed by atoms with Gasteiger partial charge in [-0.05, 0) is 55.0 Å². The lowest BCUT2D eigenvalue weighted by Gasteiger charge is -2.37. The van der Waals surface area contributed by atoms with E-state index in [2.05, 4.69) is 36.5 Å². The van der Waals surface area contributed by atoms with Crippen molar-refractivity contribution in [2.75, 3.05) is 12.4 Å². The Morgan fingerprint density at radius 2 is 1.90 bits per heavy atom. The molecule has 3 rings (SSSR count). The summed E-state index contributed by atoms with van der Waals surface area (Å²) >= 11 is 6.27. The van der Waals surface area contributed by atoms with Gasteiger partial charge in [0, 0.05) is 6.04 Å². The second kappa shape index (κ2) is 5.98. The summed E-state index contributed by atoms with van der Waals surface area (Å²) in [6.45, 7) is 2.05. The molecule has 1 N–H and O–H groups in total. The van der Waals surface area contributed by atoms with Crippen LogP contribution in [0.1, 0.15) is 29.9 Å². The van der Waals surface area contributed by atoms with Crippen molar-refractivity contribution in [3.63, 3.8) is 0 Å². The third kappa shape index (κ3) is 3.01. The van der Waals surface area contributed by atoms with Gasteiger partial charge in [-0.2, -0.15) is 0 Å². The van der Waals surface area contributed by atoms with Crippen LogP contribution >= 0.6 is 11.6 Å². The molecule has 21 heavy (non-hydrogen) atoms. The average Bonchev–Trinajstić information content (AvgIpc) is 2.44. The maximum atomic E-state index is 6.27. The van der Waals surface area contributed by atoms with Crippen molar-refractivity contribution in [1.82, 2.24) is 0 Å². The highest BCUT2D eigenvalue weighted by atomic mass is 35.5. The lowest BCUT2D eigenvalue weighted by molar-refractivity contribution is 0.350. The van der Waals surface area contributed by atoms with Crippen molar-refractivity contribution >= 4 is 17.3 Å². The van der Waals surface area contributed by atoms with E-state index in [1.807, 2.05) is 18.2 Å². The van der Waals surface area contributed by atoms with Gasteiger partial charge < -0.3 is 10.1 Å². The fraction of sp³-hybridized carbons (Fsp3) is 0.333. The van der Waals surface area contributed by atoms with Crippen LogP contribution in [0.2, 0.25) is 5.02 Å². The summed E-state index contributed by atoms with van der Waals surface area (Å²) < 4.78 is 5.45. The van der Waals surface area contributed by atoms with Gasteiger partial charge in [-0.3, -0.25) is 0 Å². The zero-order valence-electron chi connectivity index (χ0n) is 12.4. The fourth-order valence-corrected chi connectivity index (χ4v) is 3.24. The average molecular weight is 302 g/mol. The van der Waals surface area contributed by atoms with Crippen LogP contribution in [0.5, 0.6) is 5.75 Å². The number of halogens is 1. The molecule has 2 aromatic rings. The van der Waals surface area contributed by atoms with E-state index in [-0.39, 0.29) is 0 Å². The van der Waals surface area contributed by atoms with Crippen LogP contribution in [0.25, 0.3) is 0 Å². The van der Waals surface area contributed by atoms with E-state index in [1.54, 1.807) is 7.11 Å². The largest absolute Gasteiger partial charge is 0.496 e. The van der Waals surface area contributed by atoms with Gasteiger partial charge in [0.25, 0.3) is 0 Å². The first kappa shape index (κ1) is 14.3. The second-order valence-corrected chi connectivity index (χ2v) is 6.14. The Hall–Kier alpha value is -1.67. The van der Waals surface area contributed by atoms with Crippen molar-refractivity contribution in [1.29, 1.82) is 0 Å². The van der Waals surface area contributed by atoms with Gasteiger partial charge in [-0.15, -0.1) is 0 Å². The molecule has 110 valence electrons. The molecule has 0 aromatic heterocycles. The first-order valence-corrected chi connectivity index (χ1v) is 7.71. The van der Waals surface area contributed by atoms with Gasteiger partial charge in [0.15, 0.2) is 0 Å². The van der Waals surface area contributed by atoms with Gasteiger partial charge >= 0.3 is 0 Å². The topological polar surface area (TPSA) is 21.3 Å². The normalized spacial score (nSPS) is 20.7. The van der Waals surface area contributed by atoms with Gasteiger partial charge in [0.05, 0.1) is 17.8 Å². The second-order valence-electron chi connectivity index (χ2n) is 5.73. The zero-order valence-corrected chi connectivity index (χ0v) is 13.2. The van der Waals surface area contributed by atoms with Crippen molar-refractivity contribution in [2.45, 2.75) is 31.7 Å². The molecule has 0 atom stereocenters. The van der Waals surface area contributed by atoms with Crippen LogP contribution in [0, 0.1) is 6.92 Å². The molecular weight excluding hydrogens is 282 g/mol. The number of nitrogens with one attached hydrogen (secondary N) is 1. The van der Waals surface area contributed by atoms with Crippen LogP contribution in [-0.4, -0.2) is 13.2 Å². The van der Waals surface area contributed by atoms with Crippen LogP contribution in [-0.2, 0) is 0 Å². The third-order valence-corrected chi connectivity index (χ3v) is 4.51. The molecule has 2 aromatic carbocycles. The van der Waals surface area contributed by atoms with E-state index >= 15 is 0 Å². The van der Waals surface area contributed by atoms with Crippen molar-refractivity contribution in [3.8, 4) is 5.75 Å². The molecular formula is C18H20ClNO. The quantitative estimate of drug-likeness (QED) is 0.856. The van der Waals surface area contributed by atoms with Crippen molar-refractivity contribution in [2.24, 2.45) is 0 Å². The van der Waals surface area contributed by atoms with E-state index in [9.17, 15) is 0 Å². The van der Waals surface area contributed by atoms with Gasteiger partial charge in [-0.25, -0.2) is 0 Å². The molecule has 0 spiro atoms. The van der Waals surface area contributed by atoms with Gasteiger partial charge in [-0.1, -0.05) is 35.9 Å². The Morgan fingerprint density at radius 1 is 1.14 bits per heavy atom. The molecule has 0 unspecified atom stereocenters. The monoisotopic (exact) mass is 301 g/mol. The molecule has 1 aliphatic rings. The number of aryl methyl sites for hydroxylation is 1. The highest BCUT2D eigenvalue weighted by molar-refractivity contribution is 6.33. The summed E-state index contributed by atoms with van der Waals surface area (Å²) in [5, 5.41) is 4.34. The molecule has 0 aliphatic heterocycles. The minimum Gasteiger partial charge on any atom is -0.496 e. The lowest BCUT2D eigenvalue weighted by Crippen LogP contribution is -2.34. The van der Waals surface area contributed by atoms with Crippen molar-refractivity contribution < 1.29 is 4.74 Å². The molecule has 1 aliphatic carbocycles. The molecule has 2 nitrogen and oxygen atoms in total. The maximum absolute atomic E-state index is 6.27. The van der Waals surface area contributed by atoms with E-state index in [0.29, 0.717) is 12.0 Å². The summed E-state index contributed by atoms with van der Waals surface area (Å²) in [5.74, 6) is 1.57. The Morgan fingerprint density at radius 3 is 2.62 bits per heavy atom. The number of hydrogen-bond donors (Lipinski definition) is 1. The molecule has 0 saturated heterocycles. The van der Waals surface area contributed by atoms with E-state index < -0.39 is 0 Å². The Kier molecular flexibility index (Phi) is 4.07. The smallest absolute Gasteiger partial charge is 0.122 e. The lowest BCUT2D eigenvalue weighted by atomic mass is 9.75. The minimum absolute atomic E-state index is 0.486. The number of hydrogen-bond acceptors (Lipinski definition) is 2. The number of anilines is 1. The summed E-state index contributed by atoms with van der Waals surface area (Å²) in [5.41, 5.74) is 3.53. The minimum atomic E-state index is 0.486. The van der Waals surface area contributed by atoms with Crippen molar-refractivity contribution in [3.05, 3.63) is 58.6 Å². The first-order valence-electron chi connectivity index (χ1n) is 7.33. The van der Waals surface area contributed by atoms with E-state index in [4.69, 9.17) is 16.3 Å². The predicted octanol–water partition coefficient (Wildman–Crippen LogP) is 5.02. The third-order valence-electron chi connectivity index (χ3n) is 4.20.